The highest BCUT2D eigenvalue weighted by Gasteiger charge is 2.30. The van der Waals surface area contributed by atoms with Crippen molar-refractivity contribution in [3.05, 3.63) is 182 Å². The number of esters is 4. The molecule has 0 radical (unpaired) electrons. The van der Waals surface area contributed by atoms with Crippen LogP contribution in [0.2, 0.25) is 0 Å². The first kappa shape index (κ1) is 98.2. The molecule has 0 aliphatic rings. The lowest BCUT2D eigenvalue weighted by Crippen LogP contribution is -2.30. The second kappa shape index (κ2) is 75.4. The van der Waals surface area contributed by atoms with E-state index >= 15 is 0 Å². The summed E-state index contributed by atoms with van der Waals surface area (Å²) in [6, 6.07) is 0. The van der Waals surface area contributed by atoms with Crippen molar-refractivity contribution < 1.29 is 80.2 Å². The molecule has 0 fully saturated rings. The van der Waals surface area contributed by atoms with Gasteiger partial charge in [0.25, 0.3) is 0 Å². The second-order valence-corrected chi connectivity index (χ2v) is 28.1. The van der Waals surface area contributed by atoms with E-state index in [0.29, 0.717) is 32.1 Å². The van der Waals surface area contributed by atoms with Gasteiger partial charge in [-0.05, 0) is 135 Å². The summed E-state index contributed by atoms with van der Waals surface area (Å²) in [5.41, 5.74) is 0. The smallest absolute Gasteiger partial charge is 0.462 e. The number of carbonyl (C=O) groups is 4. The van der Waals surface area contributed by atoms with Gasteiger partial charge in [0.15, 0.2) is 12.2 Å². The molecule has 0 aromatic heterocycles. The van der Waals surface area contributed by atoms with Crippen molar-refractivity contribution in [2.45, 2.75) is 290 Å². The Morgan fingerprint density at radius 2 is 0.548 bits per heavy atom. The molecule has 0 rings (SSSR count). The maximum absolute atomic E-state index is 13.1. The highest BCUT2D eigenvalue weighted by molar-refractivity contribution is 7.47. The average molecular weight is 1490 g/mol. The van der Waals surface area contributed by atoms with Crippen molar-refractivity contribution in [1.29, 1.82) is 0 Å². The Hall–Kier alpha value is -5.84. The van der Waals surface area contributed by atoms with Crippen LogP contribution in [0.4, 0.5) is 0 Å². The molecule has 588 valence electrons. The second-order valence-electron chi connectivity index (χ2n) is 25.2. The first-order chi connectivity index (χ1) is 50.7. The topological polar surface area (TPSA) is 237 Å². The predicted octanol–water partition coefficient (Wildman–Crippen LogP) is 22.8. The zero-order valence-corrected chi connectivity index (χ0v) is 65.9. The molecule has 0 heterocycles. The van der Waals surface area contributed by atoms with Crippen LogP contribution in [0.25, 0.3) is 0 Å². The van der Waals surface area contributed by atoms with Crippen molar-refractivity contribution in [3.63, 3.8) is 0 Å². The Morgan fingerprint density at radius 1 is 0.288 bits per heavy atom. The van der Waals surface area contributed by atoms with Gasteiger partial charge in [-0.15, -0.1) is 0 Å². The number of hydrogen-bond acceptors (Lipinski definition) is 15. The maximum Gasteiger partial charge on any atom is 0.472 e. The third-order valence-electron chi connectivity index (χ3n) is 15.4. The lowest BCUT2D eigenvalue weighted by Gasteiger charge is -2.21. The first-order valence-corrected chi connectivity index (χ1v) is 42.0. The molecule has 5 unspecified atom stereocenters. The van der Waals surface area contributed by atoms with E-state index in [0.717, 1.165) is 135 Å². The molecule has 5 atom stereocenters. The van der Waals surface area contributed by atoms with E-state index in [1.165, 1.54) is 51.4 Å². The number of aliphatic hydroxyl groups excluding tert-OH is 1. The summed E-state index contributed by atoms with van der Waals surface area (Å²) in [5, 5.41) is 10.6. The van der Waals surface area contributed by atoms with Gasteiger partial charge in [-0.2, -0.15) is 0 Å². The quantitative estimate of drug-likeness (QED) is 0.0169. The van der Waals surface area contributed by atoms with Gasteiger partial charge in [-0.3, -0.25) is 37.3 Å². The minimum absolute atomic E-state index is 0.0761. The SMILES string of the molecule is CC/C=C\C/C=C\C/C=C\C/C=C\C/C=C\CCCCCC(=O)OCC(COP(=O)(O)OCC(O)COP(=O)(O)OCC(COC(=O)CCC/C=C\C/C=C\C/C=C\C/C=C\C/C=C\CC)OC(=O)CCCCCCCCCCCCCCC)OC(=O)C/C=C\C/C=C\C/C=C\C/C=C\C/C=C\CC. The molecule has 0 aliphatic carbocycles. The Morgan fingerprint density at radius 3 is 0.894 bits per heavy atom. The van der Waals surface area contributed by atoms with Gasteiger partial charge in [0.05, 0.1) is 32.8 Å². The highest BCUT2D eigenvalue weighted by Crippen LogP contribution is 2.45. The zero-order valence-electron chi connectivity index (χ0n) is 64.1. The third kappa shape index (κ3) is 74.4. The minimum Gasteiger partial charge on any atom is -0.462 e. The molecule has 0 aromatic carbocycles. The lowest BCUT2D eigenvalue weighted by atomic mass is 10.0. The van der Waals surface area contributed by atoms with Crippen LogP contribution in [0, 0.1) is 0 Å². The number of hydrogen-bond donors (Lipinski definition) is 3. The van der Waals surface area contributed by atoms with E-state index in [1.807, 2.05) is 24.3 Å². The van der Waals surface area contributed by atoms with Gasteiger partial charge in [0, 0.05) is 19.3 Å². The van der Waals surface area contributed by atoms with Gasteiger partial charge in [0.1, 0.15) is 19.3 Å². The number of ether oxygens (including phenoxy) is 4. The van der Waals surface area contributed by atoms with E-state index in [9.17, 15) is 43.2 Å². The van der Waals surface area contributed by atoms with Gasteiger partial charge < -0.3 is 33.8 Å². The largest absolute Gasteiger partial charge is 0.472 e. The molecule has 0 bridgehead atoms. The van der Waals surface area contributed by atoms with Gasteiger partial charge >= 0.3 is 39.5 Å². The molecule has 0 spiro atoms. The fraction of sp³-hybridized carbons (Fsp3) is 0.600. The summed E-state index contributed by atoms with van der Waals surface area (Å²) in [4.78, 5) is 72.9. The fourth-order valence-electron chi connectivity index (χ4n) is 9.59. The Labute approximate surface area is 628 Å². The van der Waals surface area contributed by atoms with Crippen LogP contribution in [-0.2, 0) is 65.4 Å². The van der Waals surface area contributed by atoms with Crippen LogP contribution in [0.3, 0.4) is 0 Å². The normalized spacial score (nSPS) is 14.9. The number of unbranched alkanes of at least 4 members (excludes halogenated alkanes) is 16. The number of phosphoric ester groups is 2. The van der Waals surface area contributed by atoms with Gasteiger partial charge in [-0.1, -0.05) is 293 Å². The van der Waals surface area contributed by atoms with E-state index in [4.69, 9.17) is 37.0 Å². The van der Waals surface area contributed by atoms with Crippen molar-refractivity contribution in [2.24, 2.45) is 0 Å². The Bertz CT molecular complexity index is 2690. The summed E-state index contributed by atoms with van der Waals surface area (Å²) in [5.74, 6) is -2.44. The van der Waals surface area contributed by atoms with E-state index in [2.05, 4.69) is 174 Å². The molecular formula is C85H136O17P2. The summed E-state index contributed by atoms with van der Waals surface area (Å²) < 4.78 is 68.3. The van der Waals surface area contributed by atoms with Gasteiger partial charge in [0.2, 0.25) is 0 Å². The van der Waals surface area contributed by atoms with Crippen molar-refractivity contribution in [1.82, 2.24) is 0 Å². The van der Waals surface area contributed by atoms with Crippen LogP contribution in [0.15, 0.2) is 182 Å². The summed E-state index contributed by atoms with van der Waals surface area (Å²) in [7, 11) is -10.0. The van der Waals surface area contributed by atoms with Crippen LogP contribution in [0.1, 0.15) is 272 Å². The summed E-state index contributed by atoms with van der Waals surface area (Å²) >= 11 is 0. The minimum atomic E-state index is -5.02. The van der Waals surface area contributed by atoms with Crippen LogP contribution < -0.4 is 0 Å². The molecule has 19 heteroatoms. The van der Waals surface area contributed by atoms with Crippen LogP contribution in [-0.4, -0.2) is 96.7 Å². The molecule has 104 heavy (non-hydrogen) atoms. The number of aliphatic hydroxyl groups is 1. The van der Waals surface area contributed by atoms with E-state index in [1.54, 1.807) is 12.2 Å². The molecule has 0 amide bonds. The Kier molecular flexibility index (Phi) is 71.2. The number of phosphoric acid groups is 2. The van der Waals surface area contributed by atoms with Crippen LogP contribution >= 0.6 is 15.6 Å². The number of rotatable bonds is 71. The number of carbonyl (C=O) groups excluding carboxylic acids is 4. The Balaban J connectivity index is 5.51. The molecule has 0 saturated heterocycles. The molecule has 3 N–H and O–H groups in total. The first-order valence-electron chi connectivity index (χ1n) is 39.0. The van der Waals surface area contributed by atoms with E-state index in [-0.39, 0.29) is 25.7 Å². The van der Waals surface area contributed by atoms with Crippen LogP contribution in [0.5, 0.6) is 0 Å². The average Bonchev–Trinajstić information content (AvgIpc) is 0.911. The molecule has 0 saturated carbocycles. The van der Waals surface area contributed by atoms with Crippen molar-refractivity contribution in [2.75, 3.05) is 39.6 Å². The molecular weight excluding hydrogens is 1350 g/mol. The standard InChI is InChI=1S/C85H136O17P2/c1-5-9-13-17-21-25-29-33-36-38-39-41-44-47-50-54-58-62-66-70-83(88)96-76-81(102-85(90)72-68-64-60-56-52-48-42-35-31-27-23-19-15-11-7-3)78-100-104(93,94)98-74-79(86)73-97-103(91,92)99-77-80(101-84(89)71-67-63-59-55-51-45-32-28-24-20-16-12-8-4)75-95-82(87)69-65-61-57-53-49-46-43-40-37-34-30-26-22-18-14-10-6-2/h9-11,13-15,21-23,25-27,33-37,39,41-43,46-47,50,52-53,56-57,64,68,79-81,86H,5-8,12,16-20,24,28-32,38,40,44-45,48-49,51,54-55,58-63,65-67,69-78H2,1-4H3,(H,91,92)(H,93,94)/b13-9-,14-10-,15-11-,25-21-,26-22-,27-23-,36-33-,37-34-,41-39-,42-35-,46-43-,50-47-,56-52-,57-53-,68-64-. The zero-order chi connectivity index (χ0) is 76.0. The highest BCUT2D eigenvalue weighted by atomic mass is 31.2. The molecule has 0 aliphatic heterocycles. The third-order valence-corrected chi connectivity index (χ3v) is 17.3. The molecule has 0 aromatic rings. The molecule has 17 nitrogen and oxygen atoms in total. The maximum atomic E-state index is 13.1. The monoisotopic (exact) mass is 1490 g/mol. The van der Waals surface area contributed by atoms with Crippen molar-refractivity contribution >= 4 is 39.5 Å². The lowest BCUT2D eigenvalue weighted by molar-refractivity contribution is -0.161. The summed E-state index contributed by atoms with van der Waals surface area (Å²) in [6.07, 6.45) is 90.6. The van der Waals surface area contributed by atoms with Gasteiger partial charge in [-0.25, -0.2) is 9.13 Å². The fourth-order valence-corrected chi connectivity index (χ4v) is 11.2. The van der Waals surface area contributed by atoms with Crippen molar-refractivity contribution in [3.8, 4) is 0 Å². The van der Waals surface area contributed by atoms with E-state index < -0.39 is 97.5 Å². The number of allylic oxidation sites excluding steroid dienone is 29. The predicted molar refractivity (Wildman–Crippen MR) is 426 cm³/mol. The summed E-state index contributed by atoms with van der Waals surface area (Å²) in [6.45, 7) is 4.29.